The lowest BCUT2D eigenvalue weighted by Gasteiger charge is -2.09. The summed E-state index contributed by atoms with van der Waals surface area (Å²) in [5.41, 5.74) is 8.03. The summed E-state index contributed by atoms with van der Waals surface area (Å²) < 4.78 is 5.78. The number of nitrogens with one attached hydrogen (secondary N) is 1. The molecule has 0 unspecified atom stereocenters. The van der Waals surface area contributed by atoms with E-state index in [0.717, 1.165) is 19.5 Å². The Morgan fingerprint density at radius 2 is 1.63 bits per heavy atom. The fourth-order valence-electron chi connectivity index (χ4n) is 2.68. The normalized spacial score (nSPS) is 10.6. The maximum Gasteiger partial charge on any atom is 0.250 e. The van der Waals surface area contributed by atoms with E-state index in [0.29, 0.717) is 11.5 Å². The van der Waals surface area contributed by atoms with Gasteiger partial charge in [-0.15, -0.1) is 0 Å². The molecule has 0 bridgehead atoms. The molecule has 0 saturated heterocycles. The molecule has 0 aromatic heterocycles. The van der Waals surface area contributed by atoms with E-state index in [4.69, 9.17) is 22.1 Å². The second-order valence-corrected chi connectivity index (χ2v) is 6.57. The van der Waals surface area contributed by atoms with E-state index in [2.05, 4.69) is 17.4 Å². The number of carbonyl (C=O) groups excluding carboxylic acids is 1. The Morgan fingerprint density at radius 1 is 0.926 bits per heavy atom. The maximum absolute atomic E-state index is 11.2. The molecule has 1 amide bonds. The van der Waals surface area contributed by atoms with Crippen molar-refractivity contribution in [3.63, 3.8) is 0 Å². The minimum atomic E-state index is -0.559. The van der Waals surface area contributed by atoms with Crippen molar-refractivity contribution in [3.05, 3.63) is 94.5 Å². The fourth-order valence-corrected chi connectivity index (χ4v) is 2.94. The first-order valence-electron chi connectivity index (χ1n) is 8.72. The van der Waals surface area contributed by atoms with Crippen LogP contribution >= 0.6 is 11.6 Å². The molecule has 3 rings (SSSR count). The number of carbonyl (C=O) groups is 1. The van der Waals surface area contributed by atoms with Crippen LogP contribution in [0.15, 0.2) is 72.8 Å². The Morgan fingerprint density at radius 3 is 2.30 bits per heavy atom. The lowest BCUT2D eigenvalue weighted by molar-refractivity contribution is 0.100. The molecule has 3 N–H and O–H groups in total. The van der Waals surface area contributed by atoms with E-state index in [9.17, 15) is 4.79 Å². The summed E-state index contributed by atoms with van der Waals surface area (Å²) in [4.78, 5) is 11.2. The summed E-state index contributed by atoms with van der Waals surface area (Å²) in [7, 11) is 0. The monoisotopic (exact) mass is 380 g/mol. The average Bonchev–Trinajstić information content (AvgIpc) is 2.67. The molecule has 0 saturated carbocycles. The highest BCUT2D eigenvalue weighted by Crippen LogP contribution is 2.27. The van der Waals surface area contributed by atoms with Gasteiger partial charge in [0.2, 0.25) is 5.91 Å². The van der Waals surface area contributed by atoms with Crippen molar-refractivity contribution < 1.29 is 9.53 Å². The first kappa shape index (κ1) is 19.0. The Balaban J connectivity index is 1.50. The van der Waals surface area contributed by atoms with Gasteiger partial charge in [-0.05, 0) is 48.4 Å². The number of hydrogen-bond acceptors (Lipinski definition) is 3. The van der Waals surface area contributed by atoms with Crippen LogP contribution in [0.3, 0.4) is 0 Å². The van der Waals surface area contributed by atoms with Crippen LogP contribution in [0.1, 0.15) is 21.5 Å². The molecule has 0 heterocycles. The van der Waals surface area contributed by atoms with Gasteiger partial charge >= 0.3 is 0 Å². The predicted molar refractivity (Wildman–Crippen MR) is 108 cm³/mol. The largest absolute Gasteiger partial charge is 0.457 e. The topological polar surface area (TPSA) is 64.4 Å². The average molecular weight is 381 g/mol. The molecule has 3 aromatic rings. The van der Waals surface area contributed by atoms with Crippen LogP contribution in [0.4, 0.5) is 0 Å². The van der Waals surface area contributed by atoms with E-state index < -0.39 is 5.91 Å². The molecule has 3 aromatic carbocycles. The smallest absolute Gasteiger partial charge is 0.250 e. The zero-order valence-corrected chi connectivity index (χ0v) is 15.6. The number of benzene rings is 3. The van der Waals surface area contributed by atoms with E-state index >= 15 is 0 Å². The van der Waals surface area contributed by atoms with Crippen molar-refractivity contribution in [1.29, 1.82) is 0 Å². The molecule has 0 fully saturated rings. The molecule has 27 heavy (non-hydrogen) atoms. The first-order valence-corrected chi connectivity index (χ1v) is 9.10. The number of halogens is 1. The highest BCUT2D eigenvalue weighted by atomic mass is 35.5. The molecule has 0 radical (unpaired) electrons. The standard InChI is InChI=1S/C22H21ClN2O2/c23-21-14-19(10-11-20(21)22(24)26)27-18-8-6-16(7-9-18)12-13-25-15-17-4-2-1-3-5-17/h1-11,14,25H,12-13,15H2,(H2,24,26). The van der Waals surface area contributed by atoms with Gasteiger partial charge in [0, 0.05) is 12.6 Å². The van der Waals surface area contributed by atoms with Gasteiger partial charge in [-0.1, -0.05) is 54.1 Å². The second-order valence-electron chi connectivity index (χ2n) is 6.16. The molecule has 0 aliphatic heterocycles. The van der Waals surface area contributed by atoms with Crippen LogP contribution in [0, 0.1) is 0 Å². The summed E-state index contributed by atoms with van der Waals surface area (Å²) in [5, 5.41) is 3.72. The van der Waals surface area contributed by atoms with Crippen molar-refractivity contribution in [2.24, 2.45) is 5.73 Å². The van der Waals surface area contributed by atoms with E-state index in [-0.39, 0.29) is 10.6 Å². The molecule has 0 aliphatic carbocycles. The quantitative estimate of drug-likeness (QED) is 0.563. The van der Waals surface area contributed by atoms with Crippen molar-refractivity contribution in [2.75, 3.05) is 6.54 Å². The molecule has 0 atom stereocenters. The third-order valence-corrected chi connectivity index (χ3v) is 4.44. The number of hydrogen-bond donors (Lipinski definition) is 2. The number of ether oxygens (including phenoxy) is 1. The van der Waals surface area contributed by atoms with Crippen LogP contribution in [-0.2, 0) is 13.0 Å². The summed E-state index contributed by atoms with van der Waals surface area (Å²) in [6.45, 7) is 1.77. The lowest BCUT2D eigenvalue weighted by Crippen LogP contribution is -2.16. The van der Waals surface area contributed by atoms with Crippen molar-refractivity contribution in [3.8, 4) is 11.5 Å². The van der Waals surface area contributed by atoms with Crippen LogP contribution in [0.2, 0.25) is 5.02 Å². The van der Waals surface area contributed by atoms with Gasteiger partial charge in [-0.3, -0.25) is 4.79 Å². The Hall–Kier alpha value is -2.82. The zero-order chi connectivity index (χ0) is 19.1. The van der Waals surface area contributed by atoms with Gasteiger partial charge in [0.25, 0.3) is 0 Å². The van der Waals surface area contributed by atoms with E-state index in [1.165, 1.54) is 11.1 Å². The zero-order valence-electron chi connectivity index (χ0n) is 14.8. The molecule has 0 aliphatic rings. The minimum absolute atomic E-state index is 0.279. The first-order chi connectivity index (χ1) is 13.1. The van der Waals surface area contributed by atoms with Gasteiger partial charge in [0.05, 0.1) is 10.6 Å². The fraction of sp³-hybridized carbons (Fsp3) is 0.136. The van der Waals surface area contributed by atoms with Gasteiger partial charge in [0.15, 0.2) is 0 Å². The summed E-state index contributed by atoms with van der Waals surface area (Å²) >= 11 is 6.04. The highest BCUT2D eigenvalue weighted by Gasteiger charge is 2.08. The Kier molecular flexibility index (Phi) is 6.47. The van der Waals surface area contributed by atoms with Crippen LogP contribution in [0.25, 0.3) is 0 Å². The van der Waals surface area contributed by atoms with Crippen LogP contribution in [0.5, 0.6) is 11.5 Å². The highest BCUT2D eigenvalue weighted by molar-refractivity contribution is 6.33. The summed E-state index contributed by atoms with van der Waals surface area (Å²) in [6.07, 6.45) is 0.937. The van der Waals surface area contributed by atoms with Crippen molar-refractivity contribution in [2.45, 2.75) is 13.0 Å². The van der Waals surface area contributed by atoms with Gasteiger partial charge < -0.3 is 15.8 Å². The van der Waals surface area contributed by atoms with Crippen LogP contribution < -0.4 is 15.8 Å². The SMILES string of the molecule is NC(=O)c1ccc(Oc2ccc(CCNCc3ccccc3)cc2)cc1Cl. The van der Waals surface area contributed by atoms with Crippen LogP contribution in [-0.4, -0.2) is 12.5 Å². The predicted octanol–water partition coefficient (Wildman–Crippen LogP) is 4.56. The molecule has 0 spiro atoms. The third-order valence-electron chi connectivity index (χ3n) is 4.13. The molecular formula is C22H21ClN2O2. The number of primary amides is 1. The minimum Gasteiger partial charge on any atom is -0.457 e. The lowest BCUT2D eigenvalue weighted by atomic mass is 10.1. The van der Waals surface area contributed by atoms with Gasteiger partial charge in [-0.25, -0.2) is 0 Å². The van der Waals surface area contributed by atoms with Crippen molar-refractivity contribution >= 4 is 17.5 Å². The molecule has 138 valence electrons. The van der Waals surface area contributed by atoms with Crippen molar-refractivity contribution in [1.82, 2.24) is 5.32 Å². The third kappa shape index (κ3) is 5.58. The number of rotatable bonds is 8. The number of nitrogens with two attached hydrogens (primary N) is 1. The number of amides is 1. The molecule has 4 nitrogen and oxygen atoms in total. The van der Waals surface area contributed by atoms with E-state index in [1.807, 2.05) is 42.5 Å². The summed E-state index contributed by atoms with van der Waals surface area (Å²) in [6, 6.07) is 23.1. The second kappa shape index (κ2) is 9.21. The summed E-state index contributed by atoms with van der Waals surface area (Å²) in [5.74, 6) is 0.706. The van der Waals surface area contributed by atoms with Gasteiger partial charge in [0.1, 0.15) is 11.5 Å². The van der Waals surface area contributed by atoms with E-state index in [1.54, 1.807) is 18.2 Å². The Labute approximate surface area is 163 Å². The van der Waals surface area contributed by atoms with Gasteiger partial charge in [-0.2, -0.15) is 0 Å². The molecular weight excluding hydrogens is 360 g/mol. The Bertz CT molecular complexity index is 896. The maximum atomic E-state index is 11.2. The molecule has 5 heteroatoms.